The Bertz CT molecular complexity index is 872. The van der Waals surface area contributed by atoms with Crippen LogP contribution in [0.3, 0.4) is 0 Å². The molecule has 0 aromatic heterocycles. The van der Waals surface area contributed by atoms with E-state index in [1.165, 1.54) is 24.0 Å². The highest BCUT2D eigenvalue weighted by Gasteiger charge is 2.44. The molecule has 0 aliphatic carbocycles. The second kappa shape index (κ2) is 9.76. The van der Waals surface area contributed by atoms with Crippen LogP contribution in [0.2, 0.25) is 0 Å². The maximum Gasteiger partial charge on any atom is 0.225 e. The lowest BCUT2D eigenvalue weighted by molar-refractivity contribution is -0.136. The second-order valence-corrected chi connectivity index (χ2v) is 9.99. The number of likely N-dealkylation sites (tertiary alicyclic amines) is 2. The minimum atomic E-state index is 0.0631. The van der Waals surface area contributed by atoms with Crippen molar-refractivity contribution in [1.29, 1.82) is 0 Å². The molecule has 0 spiro atoms. The first-order valence-corrected chi connectivity index (χ1v) is 12.6. The van der Waals surface area contributed by atoms with E-state index in [1.807, 2.05) is 0 Å². The Morgan fingerprint density at radius 2 is 1.56 bits per heavy atom. The van der Waals surface area contributed by atoms with Gasteiger partial charge in [0.05, 0.1) is 0 Å². The van der Waals surface area contributed by atoms with Crippen LogP contribution in [0.1, 0.15) is 49.7 Å². The molecule has 4 nitrogen and oxygen atoms in total. The summed E-state index contributed by atoms with van der Waals surface area (Å²) in [6, 6.07) is 22.5. The van der Waals surface area contributed by atoms with Gasteiger partial charge in [0, 0.05) is 30.6 Å². The van der Waals surface area contributed by atoms with Crippen LogP contribution in [0.5, 0.6) is 0 Å². The Labute approximate surface area is 193 Å². The summed E-state index contributed by atoms with van der Waals surface area (Å²) in [7, 11) is 0. The molecule has 3 aliphatic heterocycles. The van der Waals surface area contributed by atoms with Gasteiger partial charge in [-0.1, -0.05) is 60.7 Å². The topological polar surface area (TPSA) is 35.6 Å². The van der Waals surface area contributed by atoms with Crippen LogP contribution in [0.15, 0.2) is 60.7 Å². The van der Waals surface area contributed by atoms with E-state index in [0.717, 1.165) is 64.8 Å². The van der Waals surface area contributed by atoms with E-state index in [2.05, 4.69) is 75.8 Å². The largest absolute Gasteiger partial charge is 0.342 e. The van der Waals surface area contributed by atoms with Crippen molar-refractivity contribution in [3.05, 3.63) is 71.8 Å². The molecule has 0 radical (unpaired) electrons. The van der Waals surface area contributed by atoms with Gasteiger partial charge in [-0.05, 0) is 75.7 Å². The molecule has 32 heavy (non-hydrogen) atoms. The summed E-state index contributed by atoms with van der Waals surface area (Å²) in [4.78, 5) is 17.8. The van der Waals surface area contributed by atoms with Crippen molar-refractivity contribution in [3.63, 3.8) is 0 Å². The normalized spacial score (nSPS) is 27.5. The monoisotopic (exact) mass is 431 g/mol. The van der Waals surface area contributed by atoms with Gasteiger partial charge in [-0.3, -0.25) is 9.69 Å². The zero-order valence-electron chi connectivity index (χ0n) is 19.2. The molecule has 0 saturated carbocycles. The zero-order chi connectivity index (χ0) is 21.8. The van der Waals surface area contributed by atoms with Gasteiger partial charge in [0.25, 0.3) is 0 Å². The van der Waals surface area contributed by atoms with E-state index in [0.29, 0.717) is 11.9 Å². The predicted molar refractivity (Wildman–Crippen MR) is 129 cm³/mol. The molecule has 3 heterocycles. The molecule has 2 unspecified atom stereocenters. The Hall–Kier alpha value is -2.17. The SMILES string of the molecule is O=C(C1CCN(C2(c3ccccc3)CCNC(Cc3ccccc3)C2)CC1)N1CCCC1. The Kier molecular flexibility index (Phi) is 6.61. The van der Waals surface area contributed by atoms with Gasteiger partial charge in [-0.25, -0.2) is 0 Å². The van der Waals surface area contributed by atoms with Crippen LogP contribution >= 0.6 is 0 Å². The Morgan fingerprint density at radius 3 is 2.25 bits per heavy atom. The van der Waals surface area contributed by atoms with E-state index >= 15 is 0 Å². The number of benzene rings is 2. The van der Waals surface area contributed by atoms with Gasteiger partial charge in [0.2, 0.25) is 5.91 Å². The number of carbonyl (C=O) groups excluding carboxylic acids is 1. The molecule has 2 aromatic carbocycles. The Morgan fingerprint density at radius 1 is 0.906 bits per heavy atom. The molecule has 3 saturated heterocycles. The van der Waals surface area contributed by atoms with Crippen molar-refractivity contribution in [2.24, 2.45) is 5.92 Å². The highest BCUT2D eigenvalue weighted by atomic mass is 16.2. The van der Waals surface area contributed by atoms with Crippen molar-refractivity contribution in [2.45, 2.75) is 56.5 Å². The number of nitrogens with one attached hydrogen (secondary N) is 1. The molecular weight excluding hydrogens is 394 g/mol. The first-order chi connectivity index (χ1) is 15.7. The molecule has 1 amide bonds. The quantitative estimate of drug-likeness (QED) is 0.770. The second-order valence-electron chi connectivity index (χ2n) is 9.99. The molecule has 2 atom stereocenters. The van der Waals surface area contributed by atoms with Crippen LogP contribution in [0, 0.1) is 5.92 Å². The summed E-state index contributed by atoms with van der Waals surface area (Å²) in [6.45, 7) is 5.03. The number of amides is 1. The predicted octanol–water partition coefficient (Wildman–Crippen LogP) is 4.21. The van der Waals surface area contributed by atoms with Crippen LogP contribution in [0.4, 0.5) is 0 Å². The maximum absolute atomic E-state index is 13.0. The first kappa shape index (κ1) is 21.7. The third kappa shape index (κ3) is 4.49. The van der Waals surface area contributed by atoms with Gasteiger partial charge in [-0.2, -0.15) is 0 Å². The molecule has 4 heteroatoms. The van der Waals surface area contributed by atoms with Crippen LogP contribution in [0.25, 0.3) is 0 Å². The van der Waals surface area contributed by atoms with Gasteiger partial charge >= 0.3 is 0 Å². The van der Waals surface area contributed by atoms with Gasteiger partial charge < -0.3 is 10.2 Å². The number of nitrogens with zero attached hydrogens (tertiary/aromatic N) is 2. The summed E-state index contributed by atoms with van der Waals surface area (Å²) in [5.74, 6) is 0.641. The fourth-order valence-corrected chi connectivity index (χ4v) is 6.34. The summed E-state index contributed by atoms with van der Waals surface area (Å²) in [5.41, 5.74) is 2.92. The van der Waals surface area contributed by atoms with E-state index in [-0.39, 0.29) is 11.5 Å². The van der Waals surface area contributed by atoms with E-state index in [4.69, 9.17) is 0 Å². The minimum absolute atomic E-state index is 0.0631. The highest BCUT2D eigenvalue weighted by molar-refractivity contribution is 5.79. The summed E-state index contributed by atoms with van der Waals surface area (Å²) in [5, 5.41) is 3.81. The molecule has 170 valence electrons. The molecule has 3 fully saturated rings. The number of rotatable bonds is 5. The minimum Gasteiger partial charge on any atom is -0.342 e. The van der Waals surface area contributed by atoms with Gasteiger partial charge in [-0.15, -0.1) is 0 Å². The van der Waals surface area contributed by atoms with E-state index < -0.39 is 0 Å². The Balaban J connectivity index is 1.33. The molecule has 1 N–H and O–H groups in total. The van der Waals surface area contributed by atoms with Gasteiger partial charge in [0.1, 0.15) is 0 Å². The van der Waals surface area contributed by atoms with Gasteiger partial charge in [0.15, 0.2) is 0 Å². The molecular formula is C28H37N3O. The van der Waals surface area contributed by atoms with Crippen LogP contribution < -0.4 is 5.32 Å². The van der Waals surface area contributed by atoms with Crippen molar-refractivity contribution in [2.75, 3.05) is 32.7 Å². The summed E-state index contributed by atoms with van der Waals surface area (Å²) in [6.07, 6.45) is 7.68. The van der Waals surface area contributed by atoms with Crippen LogP contribution in [-0.2, 0) is 16.8 Å². The molecule has 5 rings (SSSR count). The average Bonchev–Trinajstić information content (AvgIpc) is 3.40. The van der Waals surface area contributed by atoms with Crippen molar-refractivity contribution in [1.82, 2.24) is 15.1 Å². The zero-order valence-corrected chi connectivity index (χ0v) is 19.2. The van der Waals surface area contributed by atoms with Crippen molar-refractivity contribution < 1.29 is 4.79 Å². The maximum atomic E-state index is 13.0. The smallest absolute Gasteiger partial charge is 0.225 e. The first-order valence-electron chi connectivity index (χ1n) is 12.6. The lowest BCUT2D eigenvalue weighted by atomic mass is 9.74. The number of piperidine rings is 2. The summed E-state index contributed by atoms with van der Waals surface area (Å²) < 4.78 is 0. The molecule has 2 aromatic rings. The number of carbonyl (C=O) groups is 1. The van der Waals surface area contributed by atoms with Crippen molar-refractivity contribution in [3.8, 4) is 0 Å². The van der Waals surface area contributed by atoms with Crippen molar-refractivity contribution >= 4 is 5.91 Å². The fraction of sp³-hybridized carbons (Fsp3) is 0.536. The third-order valence-corrected chi connectivity index (χ3v) is 8.06. The standard InChI is InChI=1S/C28H37N3O/c32-27(30-17-7-8-18-30)24-13-19-31(20-14-24)28(25-11-5-2-6-12-25)15-16-29-26(22-28)21-23-9-3-1-4-10-23/h1-6,9-12,24,26,29H,7-8,13-22H2. The van der Waals surface area contributed by atoms with E-state index in [9.17, 15) is 4.79 Å². The molecule has 3 aliphatic rings. The number of hydrogen-bond acceptors (Lipinski definition) is 3. The lowest BCUT2D eigenvalue weighted by Gasteiger charge is -2.51. The highest BCUT2D eigenvalue weighted by Crippen LogP contribution is 2.41. The summed E-state index contributed by atoms with van der Waals surface area (Å²) >= 11 is 0. The van der Waals surface area contributed by atoms with Crippen LogP contribution in [-0.4, -0.2) is 54.5 Å². The third-order valence-electron chi connectivity index (χ3n) is 8.06. The average molecular weight is 432 g/mol. The fourth-order valence-electron chi connectivity index (χ4n) is 6.34. The molecule has 0 bridgehead atoms. The van der Waals surface area contributed by atoms with E-state index in [1.54, 1.807) is 0 Å². The lowest BCUT2D eigenvalue weighted by Crippen LogP contribution is -2.58. The number of hydrogen-bond donors (Lipinski definition) is 1.